The first-order chi connectivity index (χ1) is 7.48. The van der Waals surface area contributed by atoms with Crippen LogP contribution >= 0.6 is 0 Å². The summed E-state index contributed by atoms with van der Waals surface area (Å²) in [7, 11) is 0. The molecule has 0 bridgehead atoms. The van der Waals surface area contributed by atoms with Crippen molar-refractivity contribution in [2.45, 2.75) is 6.18 Å². The highest BCUT2D eigenvalue weighted by Gasteiger charge is 2.33. The molecule has 1 N–H and O–H groups in total. The second kappa shape index (κ2) is 3.47. The predicted molar refractivity (Wildman–Crippen MR) is 47.0 cm³/mol. The molecule has 0 atom stereocenters. The van der Waals surface area contributed by atoms with Gasteiger partial charge in [-0.2, -0.15) is 17.9 Å². The summed E-state index contributed by atoms with van der Waals surface area (Å²) in [5, 5.41) is 1.89. The Hall–Kier alpha value is -2.12. The summed E-state index contributed by atoms with van der Waals surface area (Å²) in [6, 6.07) is 1.94. The topological polar surface area (TPSA) is 63.6 Å². The molecule has 0 aliphatic rings. The largest absolute Gasteiger partial charge is 0.432 e. The van der Waals surface area contributed by atoms with Crippen LogP contribution in [0.3, 0.4) is 0 Å². The number of hydrogen-bond donors (Lipinski definition) is 1. The number of nitrogens with one attached hydrogen (secondary N) is 1. The van der Waals surface area contributed by atoms with Crippen LogP contribution in [0, 0.1) is 0 Å². The maximum absolute atomic E-state index is 12.3. The molecule has 16 heavy (non-hydrogen) atoms. The van der Waals surface area contributed by atoms with Gasteiger partial charge in [-0.05, 0) is 6.07 Å². The lowest BCUT2D eigenvalue weighted by Crippen LogP contribution is -2.16. The third-order valence-corrected chi connectivity index (χ3v) is 1.78. The van der Waals surface area contributed by atoms with E-state index in [1.807, 2.05) is 5.10 Å². The number of nitrogens with zero attached hydrogens (tertiary/aromatic N) is 3. The van der Waals surface area contributed by atoms with Crippen molar-refractivity contribution in [3.8, 4) is 5.95 Å². The maximum atomic E-state index is 12.3. The second-order valence-electron chi connectivity index (χ2n) is 2.89. The highest BCUT2D eigenvalue weighted by molar-refractivity contribution is 5.13. The van der Waals surface area contributed by atoms with E-state index in [9.17, 15) is 18.0 Å². The molecule has 84 valence electrons. The number of aromatic amines is 1. The second-order valence-corrected chi connectivity index (χ2v) is 2.89. The molecule has 0 aromatic carbocycles. The molecular formula is C8H5F3N4O. The summed E-state index contributed by atoms with van der Waals surface area (Å²) >= 11 is 0. The molecule has 0 radical (unpaired) electrons. The molecule has 0 saturated carbocycles. The minimum atomic E-state index is -4.60. The zero-order valence-electron chi connectivity index (χ0n) is 7.69. The van der Waals surface area contributed by atoms with Crippen molar-refractivity contribution < 1.29 is 13.2 Å². The minimum Gasteiger partial charge on any atom is -0.284 e. The lowest BCUT2D eigenvalue weighted by molar-refractivity contribution is -0.141. The summed E-state index contributed by atoms with van der Waals surface area (Å²) < 4.78 is 37.4. The Bertz CT molecular complexity index is 542. The fourth-order valence-corrected chi connectivity index (χ4v) is 1.10. The van der Waals surface area contributed by atoms with E-state index in [1.165, 1.54) is 18.5 Å². The minimum absolute atomic E-state index is 0.136. The Morgan fingerprint density at radius 2 is 1.88 bits per heavy atom. The van der Waals surface area contributed by atoms with Crippen LogP contribution in [0.5, 0.6) is 0 Å². The van der Waals surface area contributed by atoms with Gasteiger partial charge in [-0.15, -0.1) is 0 Å². The molecule has 8 heteroatoms. The van der Waals surface area contributed by atoms with E-state index in [0.29, 0.717) is 10.7 Å². The average molecular weight is 230 g/mol. The van der Waals surface area contributed by atoms with E-state index in [-0.39, 0.29) is 5.95 Å². The van der Waals surface area contributed by atoms with Crippen LogP contribution < -0.4 is 5.56 Å². The quantitative estimate of drug-likeness (QED) is 0.794. The van der Waals surface area contributed by atoms with Crippen molar-refractivity contribution in [1.82, 2.24) is 19.7 Å². The van der Waals surface area contributed by atoms with Crippen molar-refractivity contribution in [2.24, 2.45) is 0 Å². The standard InChI is InChI=1S/C8H5F3N4O/c9-8(10,11)5-4-6(16)15(14-5)7-12-2-1-3-13-7/h1-4,14H. The van der Waals surface area contributed by atoms with Crippen molar-refractivity contribution in [2.75, 3.05) is 0 Å². The van der Waals surface area contributed by atoms with Gasteiger partial charge in [0.1, 0.15) is 5.69 Å². The first-order valence-electron chi connectivity index (χ1n) is 4.15. The lowest BCUT2D eigenvalue weighted by atomic mass is 10.4. The van der Waals surface area contributed by atoms with Crippen LogP contribution in [0.4, 0.5) is 13.2 Å². The van der Waals surface area contributed by atoms with Crippen LogP contribution in [0.25, 0.3) is 5.95 Å². The molecule has 0 aliphatic carbocycles. The van der Waals surface area contributed by atoms with Gasteiger partial charge in [-0.1, -0.05) is 0 Å². The smallest absolute Gasteiger partial charge is 0.284 e. The van der Waals surface area contributed by atoms with Crippen molar-refractivity contribution in [3.63, 3.8) is 0 Å². The summed E-state index contributed by atoms with van der Waals surface area (Å²) in [5.41, 5.74) is -2.00. The monoisotopic (exact) mass is 230 g/mol. The molecule has 0 unspecified atom stereocenters. The zero-order valence-corrected chi connectivity index (χ0v) is 7.69. The molecule has 0 amide bonds. The molecule has 2 aromatic rings. The summed E-state index contributed by atoms with van der Waals surface area (Å²) in [5.74, 6) is -0.136. The van der Waals surface area contributed by atoms with Crippen molar-refractivity contribution >= 4 is 0 Å². The third kappa shape index (κ3) is 1.81. The van der Waals surface area contributed by atoms with Crippen LogP contribution in [0.2, 0.25) is 0 Å². The number of halogens is 3. The molecule has 5 nitrogen and oxygen atoms in total. The SMILES string of the molecule is O=c1cc(C(F)(F)F)[nH]n1-c1ncccn1. The van der Waals surface area contributed by atoms with Gasteiger partial charge < -0.3 is 0 Å². The fraction of sp³-hybridized carbons (Fsp3) is 0.125. The first kappa shape index (κ1) is 10.4. The van der Waals surface area contributed by atoms with Gasteiger partial charge in [0.15, 0.2) is 0 Å². The van der Waals surface area contributed by atoms with Crippen LogP contribution in [-0.2, 0) is 6.18 Å². The van der Waals surface area contributed by atoms with Gasteiger partial charge in [0.05, 0.1) is 0 Å². The van der Waals surface area contributed by atoms with Crippen molar-refractivity contribution in [3.05, 3.63) is 40.6 Å². The summed E-state index contributed by atoms with van der Waals surface area (Å²) in [4.78, 5) is 18.6. The van der Waals surface area contributed by atoms with E-state index >= 15 is 0 Å². The van der Waals surface area contributed by atoms with Gasteiger partial charge in [-0.25, -0.2) is 9.97 Å². The normalized spacial score (nSPS) is 11.7. The summed E-state index contributed by atoms with van der Waals surface area (Å²) in [6.07, 6.45) is -1.95. The van der Waals surface area contributed by atoms with Crippen LogP contribution in [-0.4, -0.2) is 19.7 Å². The van der Waals surface area contributed by atoms with Crippen molar-refractivity contribution in [1.29, 1.82) is 0 Å². The van der Waals surface area contributed by atoms with Gasteiger partial charge in [0.2, 0.25) is 0 Å². The van der Waals surface area contributed by atoms with Gasteiger partial charge in [0, 0.05) is 18.5 Å². The van der Waals surface area contributed by atoms with E-state index < -0.39 is 17.4 Å². The number of alkyl halides is 3. The van der Waals surface area contributed by atoms with E-state index in [0.717, 1.165) is 0 Å². The van der Waals surface area contributed by atoms with E-state index in [4.69, 9.17) is 0 Å². The molecule has 0 spiro atoms. The highest BCUT2D eigenvalue weighted by atomic mass is 19.4. The molecule has 0 saturated heterocycles. The molecule has 2 rings (SSSR count). The van der Waals surface area contributed by atoms with Crippen LogP contribution in [0.15, 0.2) is 29.3 Å². The van der Waals surface area contributed by atoms with E-state index in [2.05, 4.69) is 9.97 Å². The Kier molecular flexibility index (Phi) is 2.26. The maximum Gasteiger partial charge on any atom is 0.432 e. The number of rotatable bonds is 1. The summed E-state index contributed by atoms with van der Waals surface area (Å²) in [6.45, 7) is 0. The number of hydrogen-bond acceptors (Lipinski definition) is 3. The van der Waals surface area contributed by atoms with Gasteiger partial charge >= 0.3 is 6.18 Å². The van der Waals surface area contributed by atoms with Gasteiger partial charge in [-0.3, -0.25) is 9.89 Å². The molecule has 0 fully saturated rings. The van der Waals surface area contributed by atoms with Gasteiger partial charge in [0.25, 0.3) is 11.5 Å². The molecule has 0 aliphatic heterocycles. The Morgan fingerprint density at radius 1 is 1.25 bits per heavy atom. The number of H-pyrrole nitrogens is 1. The predicted octanol–water partition coefficient (Wildman–Crippen LogP) is 0.974. The molecule has 2 heterocycles. The average Bonchev–Trinajstić information content (AvgIpc) is 2.61. The Morgan fingerprint density at radius 3 is 2.38 bits per heavy atom. The Balaban J connectivity index is 2.53. The number of aromatic nitrogens is 4. The van der Waals surface area contributed by atoms with E-state index in [1.54, 1.807) is 0 Å². The first-order valence-corrected chi connectivity index (χ1v) is 4.15. The third-order valence-electron chi connectivity index (χ3n) is 1.78. The van der Waals surface area contributed by atoms with Crippen LogP contribution in [0.1, 0.15) is 5.69 Å². The molecule has 2 aromatic heterocycles. The zero-order chi connectivity index (χ0) is 11.8. The fourth-order valence-electron chi connectivity index (χ4n) is 1.10. The lowest BCUT2D eigenvalue weighted by Gasteiger charge is -2.02. The Labute approximate surface area is 86.6 Å². The molecular weight excluding hydrogens is 225 g/mol. The highest BCUT2D eigenvalue weighted by Crippen LogP contribution is 2.26.